The van der Waals surface area contributed by atoms with Crippen molar-refractivity contribution in [2.24, 2.45) is 0 Å². The first-order valence-corrected chi connectivity index (χ1v) is 13.8. The first kappa shape index (κ1) is 24.8. The molecule has 3 aromatic rings. The fourth-order valence-corrected chi connectivity index (χ4v) is 6.99. The van der Waals surface area contributed by atoms with E-state index in [9.17, 15) is 9.59 Å². The second kappa shape index (κ2) is 11.0. The lowest BCUT2D eigenvalue weighted by Gasteiger charge is -2.27. The van der Waals surface area contributed by atoms with Gasteiger partial charge >= 0.3 is 0 Å². The second-order valence-electron chi connectivity index (χ2n) is 8.99. The molecule has 1 atom stereocenters. The number of aromatic nitrogens is 1. The Bertz CT molecular complexity index is 1140. The van der Waals surface area contributed by atoms with E-state index in [1.807, 2.05) is 25.1 Å². The van der Waals surface area contributed by atoms with Crippen LogP contribution in [0.4, 0.5) is 5.00 Å². The molecular weight excluding hydrogens is 464 g/mol. The van der Waals surface area contributed by atoms with Crippen molar-refractivity contribution >= 4 is 49.7 Å². The van der Waals surface area contributed by atoms with Crippen molar-refractivity contribution in [1.29, 1.82) is 0 Å². The number of rotatable bonds is 9. The van der Waals surface area contributed by atoms with Gasteiger partial charge in [0.2, 0.25) is 11.8 Å². The van der Waals surface area contributed by atoms with Crippen LogP contribution in [0.1, 0.15) is 57.4 Å². The van der Waals surface area contributed by atoms with Gasteiger partial charge in [-0.2, -0.15) is 0 Å². The molecule has 0 radical (unpaired) electrons. The fourth-order valence-electron chi connectivity index (χ4n) is 4.58. The summed E-state index contributed by atoms with van der Waals surface area (Å²) in [6.45, 7) is 11.4. The second-order valence-corrected chi connectivity index (χ2v) is 11.1. The summed E-state index contributed by atoms with van der Waals surface area (Å²) >= 11 is 3.38. The Kier molecular flexibility index (Phi) is 8.01. The standard InChI is InChI=1S/C26H34N4O2S2/c1-5-13-29-14-11-19-22(16-29)34-26(24(19)25-27-20-9-7-8-10-21(20)33-25)28-23(32)12-15-30(18(4)31)17(3)6-2/h7-10,17H,5-6,11-16H2,1-4H3,(H,28,32). The van der Waals surface area contributed by atoms with Gasteiger partial charge in [-0.1, -0.05) is 26.0 Å². The van der Waals surface area contributed by atoms with Gasteiger partial charge in [-0.15, -0.1) is 22.7 Å². The van der Waals surface area contributed by atoms with E-state index in [1.165, 1.54) is 10.4 Å². The van der Waals surface area contributed by atoms with Gasteiger partial charge in [-0.05, 0) is 50.4 Å². The molecule has 0 saturated carbocycles. The molecule has 6 nitrogen and oxygen atoms in total. The third-order valence-electron chi connectivity index (χ3n) is 6.54. The maximum Gasteiger partial charge on any atom is 0.226 e. The molecule has 0 aliphatic carbocycles. The average molecular weight is 499 g/mol. The van der Waals surface area contributed by atoms with E-state index in [0.717, 1.165) is 64.7 Å². The number of anilines is 1. The van der Waals surface area contributed by atoms with Crippen LogP contribution in [-0.4, -0.2) is 52.3 Å². The van der Waals surface area contributed by atoms with E-state index in [4.69, 9.17) is 4.98 Å². The van der Waals surface area contributed by atoms with E-state index in [-0.39, 0.29) is 24.3 Å². The Morgan fingerprint density at radius 2 is 2.03 bits per heavy atom. The van der Waals surface area contributed by atoms with Crippen LogP contribution >= 0.6 is 22.7 Å². The highest BCUT2D eigenvalue weighted by atomic mass is 32.1. The molecule has 0 saturated heterocycles. The molecule has 182 valence electrons. The lowest BCUT2D eigenvalue weighted by molar-refractivity contribution is -0.131. The Morgan fingerprint density at radius 3 is 2.74 bits per heavy atom. The van der Waals surface area contributed by atoms with Crippen molar-refractivity contribution in [3.05, 3.63) is 34.7 Å². The van der Waals surface area contributed by atoms with Crippen molar-refractivity contribution in [2.45, 2.75) is 66.0 Å². The first-order chi connectivity index (χ1) is 16.4. The number of nitrogens with one attached hydrogen (secondary N) is 1. The summed E-state index contributed by atoms with van der Waals surface area (Å²) in [4.78, 5) is 35.6. The normalized spacial score (nSPS) is 14.7. The number of fused-ring (bicyclic) bond motifs is 2. The maximum absolute atomic E-state index is 13.0. The Labute approximate surface area is 210 Å². The number of hydrogen-bond donors (Lipinski definition) is 1. The van der Waals surface area contributed by atoms with Gasteiger partial charge < -0.3 is 10.2 Å². The van der Waals surface area contributed by atoms with Crippen molar-refractivity contribution in [1.82, 2.24) is 14.8 Å². The quantitative estimate of drug-likeness (QED) is 0.407. The van der Waals surface area contributed by atoms with Gasteiger partial charge in [0.25, 0.3) is 0 Å². The van der Waals surface area contributed by atoms with Gasteiger partial charge in [-0.3, -0.25) is 14.5 Å². The highest BCUT2D eigenvalue weighted by Gasteiger charge is 2.27. The zero-order valence-electron chi connectivity index (χ0n) is 20.5. The van der Waals surface area contributed by atoms with E-state index in [2.05, 4.69) is 30.1 Å². The fraction of sp³-hybridized carbons (Fsp3) is 0.500. The van der Waals surface area contributed by atoms with Crippen molar-refractivity contribution < 1.29 is 9.59 Å². The van der Waals surface area contributed by atoms with Crippen LogP contribution in [0.5, 0.6) is 0 Å². The Morgan fingerprint density at radius 1 is 1.24 bits per heavy atom. The largest absolute Gasteiger partial charge is 0.340 e. The molecular formula is C26H34N4O2S2. The molecule has 2 amide bonds. The molecule has 8 heteroatoms. The Balaban J connectivity index is 1.61. The molecule has 0 spiro atoms. The van der Waals surface area contributed by atoms with Crippen LogP contribution in [0.3, 0.4) is 0 Å². The average Bonchev–Trinajstić information content (AvgIpc) is 3.39. The van der Waals surface area contributed by atoms with Gasteiger partial charge in [0.05, 0.1) is 10.2 Å². The summed E-state index contributed by atoms with van der Waals surface area (Å²) in [7, 11) is 0. The lowest BCUT2D eigenvalue weighted by Crippen LogP contribution is -2.38. The number of carbonyl (C=O) groups excluding carboxylic acids is 2. The number of nitrogens with zero attached hydrogens (tertiary/aromatic N) is 3. The molecule has 0 bridgehead atoms. The molecule has 1 aliphatic heterocycles. The SMILES string of the molecule is CCCN1CCc2c(sc(NC(=O)CCN(C(C)=O)C(C)CC)c2-c2nc3ccccc3s2)C1. The number of amides is 2. The number of hydrogen-bond acceptors (Lipinski definition) is 6. The van der Waals surface area contributed by atoms with Crippen LogP contribution in [0, 0.1) is 0 Å². The van der Waals surface area contributed by atoms with Crippen LogP contribution in [0.2, 0.25) is 0 Å². The van der Waals surface area contributed by atoms with E-state index in [0.29, 0.717) is 6.54 Å². The Hall–Kier alpha value is -2.29. The van der Waals surface area contributed by atoms with E-state index < -0.39 is 0 Å². The summed E-state index contributed by atoms with van der Waals surface area (Å²) in [5, 5.41) is 5.07. The summed E-state index contributed by atoms with van der Waals surface area (Å²) in [5.41, 5.74) is 3.42. The van der Waals surface area contributed by atoms with E-state index in [1.54, 1.807) is 34.5 Å². The zero-order chi connectivity index (χ0) is 24.2. The van der Waals surface area contributed by atoms with Gasteiger partial charge in [-0.25, -0.2) is 4.98 Å². The van der Waals surface area contributed by atoms with Crippen LogP contribution in [0.25, 0.3) is 20.8 Å². The molecule has 1 aliphatic rings. The van der Waals surface area contributed by atoms with Crippen LogP contribution in [-0.2, 0) is 22.6 Å². The smallest absolute Gasteiger partial charge is 0.226 e. The van der Waals surface area contributed by atoms with Crippen LogP contribution < -0.4 is 5.32 Å². The number of thiophene rings is 1. The predicted molar refractivity (Wildman–Crippen MR) is 143 cm³/mol. The van der Waals surface area contributed by atoms with Gasteiger partial charge in [0.1, 0.15) is 10.0 Å². The number of thiazole rings is 1. The monoisotopic (exact) mass is 498 g/mol. The molecule has 1 aromatic carbocycles. The molecule has 1 N–H and O–H groups in total. The molecule has 0 fully saturated rings. The zero-order valence-corrected chi connectivity index (χ0v) is 22.2. The number of carbonyl (C=O) groups is 2. The summed E-state index contributed by atoms with van der Waals surface area (Å²) < 4.78 is 1.16. The van der Waals surface area contributed by atoms with Crippen LogP contribution in [0.15, 0.2) is 24.3 Å². The summed E-state index contributed by atoms with van der Waals surface area (Å²) in [5.74, 6) is -0.0409. The molecule has 1 unspecified atom stereocenters. The third kappa shape index (κ3) is 5.34. The first-order valence-electron chi connectivity index (χ1n) is 12.2. The summed E-state index contributed by atoms with van der Waals surface area (Å²) in [6, 6.07) is 8.32. The van der Waals surface area contributed by atoms with Gasteiger partial charge in [0.15, 0.2) is 0 Å². The van der Waals surface area contributed by atoms with Gasteiger partial charge in [0, 0.05) is 49.5 Å². The van der Waals surface area contributed by atoms with Crippen molar-refractivity contribution in [2.75, 3.05) is 25.0 Å². The number of benzene rings is 1. The highest BCUT2D eigenvalue weighted by molar-refractivity contribution is 7.22. The number of para-hydroxylation sites is 1. The topological polar surface area (TPSA) is 65.5 Å². The summed E-state index contributed by atoms with van der Waals surface area (Å²) in [6.07, 6.45) is 3.26. The highest BCUT2D eigenvalue weighted by Crippen LogP contribution is 2.45. The minimum absolute atomic E-state index is 0.0138. The third-order valence-corrected chi connectivity index (χ3v) is 8.73. The van der Waals surface area contributed by atoms with Crippen molar-refractivity contribution in [3.8, 4) is 10.6 Å². The lowest BCUT2D eigenvalue weighted by atomic mass is 10.0. The minimum Gasteiger partial charge on any atom is -0.340 e. The molecule has 2 aromatic heterocycles. The molecule has 4 rings (SSSR count). The molecule has 3 heterocycles. The maximum atomic E-state index is 13.0. The minimum atomic E-state index is -0.0547. The molecule has 34 heavy (non-hydrogen) atoms. The van der Waals surface area contributed by atoms with Crippen molar-refractivity contribution in [3.63, 3.8) is 0 Å². The predicted octanol–water partition coefficient (Wildman–Crippen LogP) is 5.77. The van der Waals surface area contributed by atoms with E-state index >= 15 is 0 Å².